The van der Waals surface area contributed by atoms with E-state index >= 15 is 0 Å². The second-order valence-corrected chi connectivity index (χ2v) is 7.36. The molecule has 2 aromatic carbocycles. The lowest BCUT2D eigenvalue weighted by atomic mass is 10.0. The van der Waals surface area contributed by atoms with Crippen LogP contribution in [0.3, 0.4) is 0 Å². The molecule has 2 aromatic rings. The van der Waals surface area contributed by atoms with Crippen LogP contribution in [-0.4, -0.2) is 23.9 Å². The Balaban J connectivity index is 1.75. The van der Waals surface area contributed by atoms with E-state index in [4.69, 9.17) is 5.73 Å². The molecule has 0 unspecified atom stereocenters. The van der Waals surface area contributed by atoms with Gasteiger partial charge in [0.05, 0.1) is 5.57 Å². The lowest BCUT2D eigenvalue weighted by molar-refractivity contribution is -0.110. The van der Waals surface area contributed by atoms with Crippen molar-refractivity contribution in [3.05, 3.63) is 59.3 Å². The molecular weight excluding hydrogens is 348 g/mol. The highest BCUT2D eigenvalue weighted by Crippen LogP contribution is 2.35. The Kier molecular flexibility index (Phi) is 6.37. The van der Waals surface area contributed by atoms with Crippen LogP contribution in [0, 0.1) is 0 Å². The van der Waals surface area contributed by atoms with Gasteiger partial charge in [0.15, 0.2) is 0 Å². The van der Waals surface area contributed by atoms with Gasteiger partial charge in [-0.15, -0.1) is 0 Å². The number of allylic oxidation sites excluding steroid dienone is 1. The summed E-state index contributed by atoms with van der Waals surface area (Å²) < 4.78 is 0. The fourth-order valence-corrected chi connectivity index (χ4v) is 3.69. The summed E-state index contributed by atoms with van der Waals surface area (Å²) in [7, 11) is 0. The Labute approximate surface area is 167 Å². The van der Waals surface area contributed by atoms with Gasteiger partial charge in [0.1, 0.15) is 0 Å². The van der Waals surface area contributed by atoms with Crippen LogP contribution in [0.1, 0.15) is 44.7 Å². The maximum absolute atomic E-state index is 12.4. The van der Waals surface area contributed by atoms with Gasteiger partial charge in [0, 0.05) is 34.9 Å². The molecule has 0 fully saturated rings. The first-order valence-electron chi connectivity index (χ1n) is 10.0. The number of nitrogens with one attached hydrogen (secondary N) is 2. The molecule has 0 spiro atoms. The number of amides is 1. The number of benzene rings is 2. The van der Waals surface area contributed by atoms with Crippen molar-refractivity contribution in [1.82, 2.24) is 4.90 Å². The molecule has 148 valence electrons. The lowest BCUT2D eigenvalue weighted by Crippen LogP contribution is -2.24. The SMILES string of the molecule is CCCN(CCC)Cc1ccc(NC(C)=C2C(=O)Nc3ccc(N)cc32)cc1. The van der Waals surface area contributed by atoms with Crippen LogP contribution in [0.2, 0.25) is 0 Å². The molecule has 0 saturated carbocycles. The van der Waals surface area contributed by atoms with Crippen LogP contribution in [0.25, 0.3) is 5.57 Å². The Bertz CT molecular complexity index is 865. The van der Waals surface area contributed by atoms with Crippen molar-refractivity contribution in [2.45, 2.75) is 40.2 Å². The van der Waals surface area contributed by atoms with Crippen molar-refractivity contribution < 1.29 is 4.79 Å². The monoisotopic (exact) mass is 378 g/mol. The molecule has 1 heterocycles. The Hall–Kier alpha value is -2.79. The quantitative estimate of drug-likeness (QED) is 0.460. The molecule has 0 radical (unpaired) electrons. The highest BCUT2D eigenvalue weighted by atomic mass is 16.2. The molecule has 0 aliphatic carbocycles. The van der Waals surface area contributed by atoms with Crippen LogP contribution in [0.4, 0.5) is 17.1 Å². The first-order valence-corrected chi connectivity index (χ1v) is 10.0. The van der Waals surface area contributed by atoms with Crippen LogP contribution < -0.4 is 16.4 Å². The Morgan fingerprint density at radius 2 is 1.75 bits per heavy atom. The highest BCUT2D eigenvalue weighted by Gasteiger charge is 2.26. The van der Waals surface area contributed by atoms with E-state index in [0.717, 1.165) is 42.3 Å². The molecule has 1 amide bonds. The van der Waals surface area contributed by atoms with E-state index in [1.807, 2.05) is 19.1 Å². The van der Waals surface area contributed by atoms with Gasteiger partial charge in [-0.25, -0.2) is 0 Å². The van der Waals surface area contributed by atoms with Crippen molar-refractivity contribution >= 4 is 28.5 Å². The van der Waals surface area contributed by atoms with Crippen molar-refractivity contribution in [2.75, 3.05) is 29.5 Å². The van der Waals surface area contributed by atoms with E-state index in [0.29, 0.717) is 11.3 Å². The molecule has 5 nitrogen and oxygen atoms in total. The van der Waals surface area contributed by atoms with Gasteiger partial charge >= 0.3 is 0 Å². The van der Waals surface area contributed by atoms with E-state index in [1.165, 1.54) is 18.4 Å². The summed E-state index contributed by atoms with van der Waals surface area (Å²) in [4.78, 5) is 14.9. The smallest absolute Gasteiger partial charge is 0.258 e. The van der Waals surface area contributed by atoms with Gasteiger partial charge in [-0.05, 0) is 68.8 Å². The lowest BCUT2D eigenvalue weighted by Gasteiger charge is -2.21. The summed E-state index contributed by atoms with van der Waals surface area (Å²) in [6.07, 6.45) is 2.33. The third kappa shape index (κ3) is 4.54. The summed E-state index contributed by atoms with van der Waals surface area (Å²) in [5.74, 6) is -0.100. The number of rotatable bonds is 8. The predicted molar refractivity (Wildman–Crippen MR) is 118 cm³/mol. The third-order valence-corrected chi connectivity index (χ3v) is 4.93. The molecule has 4 N–H and O–H groups in total. The van der Waals surface area contributed by atoms with Crippen LogP contribution in [0.5, 0.6) is 0 Å². The van der Waals surface area contributed by atoms with E-state index in [9.17, 15) is 4.79 Å². The molecule has 0 aromatic heterocycles. The van der Waals surface area contributed by atoms with E-state index < -0.39 is 0 Å². The first-order chi connectivity index (χ1) is 13.5. The van der Waals surface area contributed by atoms with Crippen LogP contribution >= 0.6 is 0 Å². The highest BCUT2D eigenvalue weighted by molar-refractivity contribution is 6.32. The third-order valence-electron chi connectivity index (χ3n) is 4.93. The average molecular weight is 379 g/mol. The minimum absolute atomic E-state index is 0.100. The Morgan fingerprint density at radius 1 is 1.07 bits per heavy atom. The number of carbonyl (C=O) groups is 1. The van der Waals surface area contributed by atoms with E-state index in [1.54, 1.807) is 6.07 Å². The number of nitrogens with zero attached hydrogens (tertiary/aromatic N) is 1. The zero-order chi connectivity index (χ0) is 20.1. The van der Waals surface area contributed by atoms with E-state index in [-0.39, 0.29) is 5.91 Å². The summed E-state index contributed by atoms with van der Waals surface area (Å²) in [6, 6.07) is 13.9. The number of anilines is 3. The molecule has 1 aliphatic heterocycles. The fourth-order valence-electron chi connectivity index (χ4n) is 3.69. The minimum atomic E-state index is -0.100. The zero-order valence-electron chi connectivity index (χ0n) is 17.0. The minimum Gasteiger partial charge on any atom is -0.399 e. The van der Waals surface area contributed by atoms with Gasteiger partial charge in [-0.1, -0.05) is 26.0 Å². The van der Waals surface area contributed by atoms with Crippen molar-refractivity contribution in [3.8, 4) is 0 Å². The molecule has 3 rings (SSSR count). The van der Waals surface area contributed by atoms with Crippen LogP contribution in [-0.2, 0) is 11.3 Å². The molecule has 0 bridgehead atoms. The van der Waals surface area contributed by atoms with E-state index in [2.05, 4.69) is 53.6 Å². The normalized spacial score (nSPS) is 14.8. The number of fused-ring (bicyclic) bond motifs is 1. The van der Waals surface area contributed by atoms with Gasteiger partial charge in [0.2, 0.25) is 0 Å². The number of hydrogen-bond acceptors (Lipinski definition) is 4. The van der Waals surface area contributed by atoms with Gasteiger partial charge < -0.3 is 16.4 Å². The molecule has 0 saturated heterocycles. The standard InChI is InChI=1S/C23H30N4O/c1-4-12-27(13-5-2)15-17-6-9-19(10-7-17)25-16(3)22-20-14-18(24)8-11-21(20)26-23(22)28/h6-11,14,25H,4-5,12-13,15,24H2,1-3H3,(H,26,28). The summed E-state index contributed by atoms with van der Waals surface area (Å²) in [5, 5.41) is 6.27. The number of nitrogens with two attached hydrogens (primary N) is 1. The van der Waals surface area contributed by atoms with Gasteiger partial charge in [-0.2, -0.15) is 0 Å². The fraction of sp³-hybridized carbons (Fsp3) is 0.348. The Morgan fingerprint density at radius 3 is 2.39 bits per heavy atom. The predicted octanol–water partition coefficient (Wildman–Crippen LogP) is 4.69. The molecule has 1 aliphatic rings. The second-order valence-electron chi connectivity index (χ2n) is 7.36. The molecule has 5 heteroatoms. The number of hydrogen-bond donors (Lipinski definition) is 3. The van der Waals surface area contributed by atoms with Crippen molar-refractivity contribution in [1.29, 1.82) is 0 Å². The maximum atomic E-state index is 12.4. The number of nitrogen functional groups attached to an aromatic ring is 1. The van der Waals surface area contributed by atoms with Crippen molar-refractivity contribution in [3.63, 3.8) is 0 Å². The average Bonchev–Trinajstić information content (AvgIpc) is 2.99. The second kappa shape index (κ2) is 8.93. The largest absolute Gasteiger partial charge is 0.399 e. The zero-order valence-corrected chi connectivity index (χ0v) is 17.0. The molecule has 28 heavy (non-hydrogen) atoms. The van der Waals surface area contributed by atoms with Gasteiger partial charge in [0.25, 0.3) is 5.91 Å². The molecule has 0 atom stereocenters. The van der Waals surface area contributed by atoms with Crippen molar-refractivity contribution in [2.24, 2.45) is 0 Å². The summed E-state index contributed by atoms with van der Waals surface area (Å²) in [6.45, 7) is 9.57. The molecular formula is C23H30N4O. The summed E-state index contributed by atoms with van der Waals surface area (Å²) in [5.41, 5.74) is 11.9. The van der Waals surface area contributed by atoms with Crippen LogP contribution in [0.15, 0.2) is 48.2 Å². The first kappa shape index (κ1) is 20.0. The maximum Gasteiger partial charge on any atom is 0.258 e. The number of carbonyl (C=O) groups excluding carboxylic acids is 1. The summed E-state index contributed by atoms with van der Waals surface area (Å²) >= 11 is 0. The van der Waals surface area contributed by atoms with Gasteiger partial charge in [-0.3, -0.25) is 9.69 Å². The topological polar surface area (TPSA) is 70.4 Å².